The van der Waals surface area contributed by atoms with Crippen molar-refractivity contribution in [3.05, 3.63) is 83.2 Å². The first-order valence-electron chi connectivity index (χ1n) is 10.5. The molecule has 0 aliphatic heterocycles. The summed E-state index contributed by atoms with van der Waals surface area (Å²) in [6.45, 7) is 0.746. The van der Waals surface area contributed by atoms with E-state index in [0.29, 0.717) is 11.5 Å². The van der Waals surface area contributed by atoms with Gasteiger partial charge in [0.2, 0.25) is 5.91 Å². The Morgan fingerprint density at radius 1 is 1.16 bits per heavy atom. The van der Waals surface area contributed by atoms with Crippen molar-refractivity contribution in [3.8, 4) is 11.5 Å². The lowest BCUT2D eigenvalue weighted by molar-refractivity contribution is -0.117. The van der Waals surface area contributed by atoms with Crippen LogP contribution in [0.3, 0.4) is 0 Å². The van der Waals surface area contributed by atoms with Gasteiger partial charge in [-0.25, -0.2) is 0 Å². The molecule has 160 valence electrons. The number of carbonyl (C=O) groups is 1. The number of ether oxygens (including phenoxy) is 2. The Morgan fingerprint density at radius 2 is 1.97 bits per heavy atom. The molecule has 0 spiro atoms. The number of benzene rings is 2. The SMILES string of the molecule is COc1ccc(/C=C/C(=O)NC2CCCc3c2cnn3Cc2ccccc2)cc1OC. The molecular formula is C25H27N3O3. The number of carbonyl (C=O) groups excluding carboxylic acids is 1. The molecule has 1 unspecified atom stereocenters. The standard InChI is InChI=1S/C25H27N3O3/c1-30-23-13-11-18(15-24(23)31-2)12-14-25(29)27-21-9-6-10-22-20(21)16-26-28(22)17-19-7-4-3-5-8-19/h3-5,7-8,11-16,21H,6,9-10,17H2,1-2H3,(H,27,29)/b14-12+. The van der Waals surface area contributed by atoms with Crippen molar-refractivity contribution >= 4 is 12.0 Å². The summed E-state index contributed by atoms with van der Waals surface area (Å²) in [5.74, 6) is 1.17. The van der Waals surface area contributed by atoms with E-state index in [1.165, 1.54) is 11.3 Å². The zero-order chi connectivity index (χ0) is 21.6. The van der Waals surface area contributed by atoms with Crippen molar-refractivity contribution in [2.45, 2.75) is 31.8 Å². The van der Waals surface area contributed by atoms with Gasteiger partial charge in [-0.1, -0.05) is 36.4 Å². The van der Waals surface area contributed by atoms with E-state index in [2.05, 4.69) is 27.2 Å². The van der Waals surface area contributed by atoms with E-state index in [4.69, 9.17) is 9.47 Å². The highest BCUT2D eigenvalue weighted by atomic mass is 16.5. The molecule has 1 aliphatic rings. The summed E-state index contributed by atoms with van der Waals surface area (Å²) >= 11 is 0. The molecule has 6 nitrogen and oxygen atoms in total. The molecule has 1 atom stereocenters. The van der Waals surface area contributed by atoms with Crippen molar-refractivity contribution in [1.29, 1.82) is 0 Å². The number of nitrogens with one attached hydrogen (secondary N) is 1. The first kappa shape index (κ1) is 20.7. The molecule has 1 aliphatic carbocycles. The monoisotopic (exact) mass is 417 g/mol. The fourth-order valence-corrected chi connectivity index (χ4v) is 4.01. The van der Waals surface area contributed by atoms with Gasteiger partial charge in [0, 0.05) is 17.3 Å². The number of nitrogens with zero attached hydrogens (tertiary/aromatic N) is 2. The number of amides is 1. The molecule has 6 heteroatoms. The minimum Gasteiger partial charge on any atom is -0.493 e. The summed E-state index contributed by atoms with van der Waals surface area (Å²) in [6.07, 6.45) is 8.16. The molecular weight excluding hydrogens is 390 g/mol. The summed E-state index contributed by atoms with van der Waals surface area (Å²) < 4.78 is 12.6. The van der Waals surface area contributed by atoms with Crippen LogP contribution in [-0.4, -0.2) is 29.9 Å². The second kappa shape index (κ2) is 9.51. The summed E-state index contributed by atoms with van der Waals surface area (Å²) in [5, 5.41) is 7.74. The lowest BCUT2D eigenvalue weighted by Crippen LogP contribution is -2.29. The number of hydrogen-bond donors (Lipinski definition) is 1. The average molecular weight is 418 g/mol. The third-order valence-corrected chi connectivity index (χ3v) is 5.59. The molecule has 0 saturated heterocycles. The molecule has 0 saturated carbocycles. The van der Waals surface area contributed by atoms with Crippen molar-refractivity contribution in [2.75, 3.05) is 14.2 Å². The van der Waals surface area contributed by atoms with Gasteiger partial charge in [-0.15, -0.1) is 0 Å². The second-order valence-corrected chi connectivity index (χ2v) is 7.59. The van der Waals surface area contributed by atoms with Gasteiger partial charge < -0.3 is 14.8 Å². The van der Waals surface area contributed by atoms with E-state index in [0.717, 1.165) is 36.9 Å². The maximum atomic E-state index is 12.6. The van der Waals surface area contributed by atoms with E-state index < -0.39 is 0 Å². The van der Waals surface area contributed by atoms with Crippen LogP contribution in [0.15, 0.2) is 60.8 Å². The van der Waals surface area contributed by atoms with Crippen molar-refractivity contribution in [1.82, 2.24) is 15.1 Å². The van der Waals surface area contributed by atoms with E-state index in [1.54, 1.807) is 26.4 Å². The minimum absolute atomic E-state index is 0.0178. The fraction of sp³-hybridized carbons (Fsp3) is 0.280. The van der Waals surface area contributed by atoms with Crippen LogP contribution in [0.4, 0.5) is 0 Å². The molecule has 3 aromatic rings. The van der Waals surface area contributed by atoms with Gasteiger partial charge in [0.15, 0.2) is 11.5 Å². The zero-order valence-corrected chi connectivity index (χ0v) is 17.9. The fourth-order valence-electron chi connectivity index (χ4n) is 4.01. The molecule has 4 rings (SSSR count). The third kappa shape index (κ3) is 4.79. The first-order valence-corrected chi connectivity index (χ1v) is 10.5. The van der Waals surface area contributed by atoms with Gasteiger partial charge in [0.05, 0.1) is 33.0 Å². The zero-order valence-electron chi connectivity index (χ0n) is 17.9. The Hall–Kier alpha value is -3.54. The molecule has 2 aromatic carbocycles. The largest absolute Gasteiger partial charge is 0.493 e. The summed E-state index contributed by atoms with van der Waals surface area (Å²) in [6, 6.07) is 15.8. The van der Waals surface area contributed by atoms with Crippen molar-refractivity contribution in [2.24, 2.45) is 0 Å². The van der Waals surface area contributed by atoms with E-state index in [-0.39, 0.29) is 11.9 Å². The van der Waals surface area contributed by atoms with Crippen molar-refractivity contribution in [3.63, 3.8) is 0 Å². The molecule has 1 N–H and O–H groups in total. The summed E-state index contributed by atoms with van der Waals surface area (Å²) in [4.78, 5) is 12.6. The Balaban J connectivity index is 1.44. The highest BCUT2D eigenvalue weighted by Crippen LogP contribution is 2.30. The highest BCUT2D eigenvalue weighted by Gasteiger charge is 2.25. The van der Waals surface area contributed by atoms with Crippen LogP contribution in [0.2, 0.25) is 0 Å². The molecule has 0 bridgehead atoms. The molecule has 1 aromatic heterocycles. The van der Waals surface area contributed by atoms with Gasteiger partial charge in [-0.05, 0) is 48.6 Å². The number of aromatic nitrogens is 2. The molecule has 1 amide bonds. The average Bonchev–Trinajstić information content (AvgIpc) is 3.22. The predicted molar refractivity (Wildman–Crippen MR) is 120 cm³/mol. The Bertz CT molecular complexity index is 1070. The van der Waals surface area contributed by atoms with Crippen molar-refractivity contribution < 1.29 is 14.3 Å². The number of methoxy groups -OCH3 is 2. The quantitative estimate of drug-likeness (QED) is 0.587. The van der Waals surface area contributed by atoms with Crippen LogP contribution in [0.25, 0.3) is 6.08 Å². The third-order valence-electron chi connectivity index (χ3n) is 5.59. The smallest absolute Gasteiger partial charge is 0.244 e. The van der Waals surface area contributed by atoms with E-state index in [1.807, 2.05) is 42.6 Å². The van der Waals surface area contributed by atoms with Crippen LogP contribution >= 0.6 is 0 Å². The van der Waals surface area contributed by atoms with E-state index in [9.17, 15) is 4.79 Å². The molecule has 0 radical (unpaired) electrons. The van der Waals surface area contributed by atoms with E-state index >= 15 is 0 Å². The Labute approximate surface area is 182 Å². The molecule has 31 heavy (non-hydrogen) atoms. The number of rotatable bonds is 7. The van der Waals surface area contributed by atoms with Crippen LogP contribution in [0.5, 0.6) is 11.5 Å². The van der Waals surface area contributed by atoms with Crippen LogP contribution < -0.4 is 14.8 Å². The maximum Gasteiger partial charge on any atom is 0.244 e. The topological polar surface area (TPSA) is 65.4 Å². The Kier molecular flexibility index (Phi) is 6.36. The summed E-state index contributed by atoms with van der Waals surface area (Å²) in [5.41, 5.74) is 4.42. The highest BCUT2D eigenvalue weighted by molar-refractivity contribution is 5.92. The van der Waals surface area contributed by atoms with Gasteiger partial charge >= 0.3 is 0 Å². The summed E-state index contributed by atoms with van der Waals surface area (Å²) in [7, 11) is 3.19. The normalized spacial score (nSPS) is 15.5. The molecule has 0 fully saturated rings. The second-order valence-electron chi connectivity index (χ2n) is 7.59. The van der Waals surface area contributed by atoms with Gasteiger partial charge in [-0.2, -0.15) is 5.10 Å². The van der Waals surface area contributed by atoms with Crippen LogP contribution in [0, 0.1) is 0 Å². The molecule has 1 heterocycles. The van der Waals surface area contributed by atoms with Gasteiger partial charge in [0.1, 0.15) is 0 Å². The number of fused-ring (bicyclic) bond motifs is 1. The van der Waals surface area contributed by atoms with Gasteiger partial charge in [-0.3, -0.25) is 9.48 Å². The van der Waals surface area contributed by atoms with Gasteiger partial charge in [0.25, 0.3) is 0 Å². The predicted octanol–water partition coefficient (Wildman–Crippen LogP) is 4.16. The lowest BCUT2D eigenvalue weighted by Gasteiger charge is -2.23. The Morgan fingerprint density at radius 3 is 2.74 bits per heavy atom. The minimum atomic E-state index is -0.122. The first-order chi connectivity index (χ1) is 15.2. The van der Waals surface area contributed by atoms with Crippen LogP contribution in [-0.2, 0) is 17.8 Å². The number of hydrogen-bond acceptors (Lipinski definition) is 4. The maximum absolute atomic E-state index is 12.6. The van der Waals surface area contributed by atoms with Crippen LogP contribution in [0.1, 0.15) is 41.3 Å². The lowest BCUT2D eigenvalue weighted by atomic mass is 9.93.